The van der Waals surface area contributed by atoms with Gasteiger partial charge in [-0.1, -0.05) is 11.6 Å². The van der Waals surface area contributed by atoms with Crippen LogP contribution in [-0.2, 0) is 0 Å². The maximum Gasteiger partial charge on any atom is 0.339 e. The molecule has 106 valence electrons. The Hall–Kier alpha value is -2.60. The van der Waals surface area contributed by atoms with Crippen molar-refractivity contribution in [2.24, 2.45) is 0 Å². The number of carboxylic acid groups (broad SMARTS) is 1. The van der Waals surface area contributed by atoms with Crippen LogP contribution < -0.4 is 0 Å². The molecular formula is C14H8ClFN2O3. The normalized spacial score (nSPS) is 10.8. The topological polar surface area (TPSA) is 68.3 Å². The van der Waals surface area contributed by atoms with Crippen LogP contribution in [-0.4, -0.2) is 20.9 Å². The maximum absolute atomic E-state index is 13.5. The summed E-state index contributed by atoms with van der Waals surface area (Å²) in [5.74, 6) is -1.44. The number of halogens is 2. The molecule has 0 saturated heterocycles. The predicted octanol–water partition coefficient (Wildman–Crippen LogP) is 3.62. The molecule has 0 bridgehead atoms. The van der Waals surface area contributed by atoms with Gasteiger partial charge in [0.25, 0.3) is 0 Å². The Morgan fingerprint density at radius 3 is 2.81 bits per heavy atom. The molecule has 0 spiro atoms. The molecule has 1 aromatic carbocycles. The summed E-state index contributed by atoms with van der Waals surface area (Å²) in [6.45, 7) is 0. The Kier molecular flexibility index (Phi) is 3.23. The molecule has 0 fully saturated rings. The van der Waals surface area contributed by atoms with Gasteiger partial charge in [-0.3, -0.25) is 0 Å². The lowest BCUT2D eigenvalue weighted by Crippen LogP contribution is -1.96. The molecule has 0 saturated carbocycles. The zero-order chi connectivity index (χ0) is 15.0. The third-order valence-corrected chi connectivity index (χ3v) is 3.17. The summed E-state index contributed by atoms with van der Waals surface area (Å²) in [7, 11) is 0. The van der Waals surface area contributed by atoms with Crippen molar-refractivity contribution >= 4 is 17.6 Å². The number of aromatic nitrogens is 2. The molecule has 3 aromatic rings. The minimum absolute atomic E-state index is 0.0179. The molecule has 0 radical (unpaired) electrons. The summed E-state index contributed by atoms with van der Waals surface area (Å²) >= 11 is 5.62. The number of hydrogen-bond acceptors (Lipinski definition) is 3. The molecule has 0 aliphatic carbocycles. The first-order valence-corrected chi connectivity index (χ1v) is 6.26. The number of aromatic carboxylic acids is 1. The zero-order valence-corrected chi connectivity index (χ0v) is 11.2. The molecule has 0 unspecified atom stereocenters. The Balaban J connectivity index is 2.14. The van der Waals surface area contributed by atoms with Crippen LogP contribution >= 0.6 is 11.6 Å². The van der Waals surface area contributed by atoms with E-state index >= 15 is 0 Å². The molecule has 1 N–H and O–H groups in total. The lowest BCUT2D eigenvalue weighted by Gasteiger charge is -2.01. The van der Waals surface area contributed by atoms with Crippen molar-refractivity contribution in [3.8, 4) is 17.1 Å². The molecule has 0 amide bonds. The van der Waals surface area contributed by atoms with Crippen molar-refractivity contribution in [3.05, 3.63) is 59.2 Å². The van der Waals surface area contributed by atoms with E-state index in [-0.39, 0.29) is 16.3 Å². The summed E-state index contributed by atoms with van der Waals surface area (Å²) in [6, 6.07) is 7.31. The average Bonchev–Trinajstić information content (AvgIpc) is 3.09. The van der Waals surface area contributed by atoms with E-state index in [1.54, 1.807) is 12.1 Å². The van der Waals surface area contributed by atoms with E-state index in [1.165, 1.54) is 35.3 Å². The highest BCUT2D eigenvalue weighted by Gasteiger charge is 2.19. The fourth-order valence-corrected chi connectivity index (χ4v) is 2.00. The number of nitrogens with zero attached hydrogens (tertiary/aromatic N) is 2. The van der Waals surface area contributed by atoms with E-state index in [1.807, 2.05) is 0 Å². The summed E-state index contributed by atoms with van der Waals surface area (Å²) in [4.78, 5) is 11.3. The molecule has 0 aliphatic rings. The minimum atomic E-state index is -1.15. The molecular weight excluding hydrogens is 299 g/mol. The van der Waals surface area contributed by atoms with Gasteiger partial charge in [0.2, 0.25) is 0 Å². The fraction of sp³-hybridized carbons (Fsp3) is 0. The van der Waals surface area contributed by atoms with Gasteiger partial charge in [-0.15, -0.1) is 0 Å². The van der Waals surface area contributed by atoms with E-state index in [0.717, 1.165) is 0 Å². The van der Waals surface area contributed by atoms with Crippen LogP contribution in [0, 0.1) is 5.82 Å². The molecule has 5 nitrogen and oxygen atoms in total. The molecule has 2 aromatic heterocycles. The van der Waals surface area contributed by atoms with Crippen LogP contribution in [0.5, 0.6) is 0 Å². The van der Waals surface area contributed by atoms with Crippen LogP contribution in [0.25, 0.3) is 17.1 Å². The van der Waals surface area contributed by atoms with Gasteiger partial charge >= 0.3 is 5.97 Å². The zero-order valence-electron chi connectivity index (χ0n) is 10.5. The Bertz CT molecular complexity index is 812. The number of benzene rings is 1. The van der Waals surface area contributed by atoms with Gasteiger partial charge in [-0.25, -0.2) is 13.9 Å². The number of carboxylic acids is 1. The molecule has 0 aliphatic heterocycles. The Morgan fingerprint density at radius 2 is 2.19 bits per heavy atom. The highest BCUT2D eigenvalue weighted by molar-refractivity contribution is 6.30. The minimum Gasteiger partial charge on any atom is -0.478 e. The second-order valence-corrected chi connectivity index (χ2v) is 4.62. The number of rotatable bonds is 3. The van der Waals surface area contributed by atoms with Crippen LogP contribution in [0.3, 0.4) is 0 Å². The van der Waals surface area contributed by atoms with Crippen molar-refractivity contribution < 1.29 is 18.7 Å². The van der Waals surface area contributed by atoms with E-state index < -0.39 is 11.8 Å². The largest absolute Gasteiger partial charge is 0.478 e. The van der Waals surface area contributed by atoms with Crippen molar-refractivity contribution in [2.75, 3.05) is 0 Å². The lowest BCUT2D eigenvalue weighted by atomic mass is 10.2. The molecule has 7 heteroatoms. The third kappa shape index (κ3) is 2.41. The first kappa shape index (κ1) is 13.4. The summed E-state index contributed by atoms with van der Waals surface area (Å²) in [6.07, 6.45) is 2.71. The highest BCUT2D eigenvalue weighted by atomic mass is 35.5. The molecule has 21 heavy (non-hydrogen) atoms. The second kappa shape index (κ2) is 5.06. The van der Waals surface area contributed by atoms with Crippen molar-refractivity contribution in [1.29, 1.82) is 0 Å². The number of furan rings is 1. The summed E-state index contributed by atoms with van der Waals surface area (Å²) < 4.78 is 19.9. The van der Waals surface area contributed by atoms with Gasteiger partial charge in [0, 0.05) is 12.3 Å². The van der Waals surface area contributed by atoms with Crippen molar-refractivity contribution in [2.45, 2.75) is 0 Å². The van der Waals surface area contributed by atoms with Gasteiger partial charge in [-0.2, -0.15) is 5.10 Å². The van der Waals surface area contributed by atoms with E-state index in [9.17, 15) is 14.3 Å². The lowest BCUT2D eigenvalue weighted by molar-refractivity contribution is 0.0697. The van der Waals surface area contributed by atoms with Gasteiger partial charge < -0.3 is 9.52 Å². The summed E-state index contributed by atoms with van der Waals surface area (Å²) in [5.41, 5.74) is 0.486. The van der Waals surface area contributed by atoms with Crippen LogP contribution in [0.4, 0.5) is 4.39 Å². The molecule has 3 rings (SSSR count). The SMILES string of the molecule is O=C(O)c1cn(-c2ccc(Cl)c(F)c2)nc1-c1ccco1. The number of carbonyl (C=O) groups is 1. The fourth-order valence-electron chi connectivity index (χ4n) is 1.89. The Labute approximate surface area is 123 Å². The monoisotopic (exact) mass is 306 g/mol. The van der Waals surface area contributed by atoms with Crippen LogP contribution in [0.15, 0.2) is 47.2 Å². The van der Waals surface area contributed by atoms with Crippen molar-refractivity contribution in [1.82, 2.24) is 9.78 Å². The predicted molar refractivity (Wildman–Crippen MR) is 73.2 cm³/mol. The van der Waals surface area contributed by atoms with Gasteiger partial charge in [0.15, 0.2) is 5.76 Å². The van der Waals surface area contributed by atoms with E-state index in [4.69, 9.17) is 16.0 Å². The first-order valence-electron chi connectivity index (χ1n) is 5.88. The molecule has 0 atom stereocenters. The Morgan fingerprint density at radius 1 is 1.38 bits per heavy atom. The average molecular weight is 307 g/mol. The first-order chi connectivity index (χ1) is 10.1. The van der Waals surface area contributed by atoms with Crippen molar-refractivity contribution in [3.63, 3.8) is 0 Å². The van der Waals surface area contributed by atoms with Crippen LogP contribution in [0.1, 0.15) is 10.4 Å². The molecule has 2 heterocycles. The quantitative estimate of drug-likeness (QED) is 0.802. The number of hydrogen-bond donors (Lipinski definition) is 1. The standard InChI is InChI=1S/C14H8ClFN2O3/c15-10-4-3-8(6-11(10)16)18-7-9(14(19)20)13(17-18)12-2-1-5-21-12/h1-7H,(H,19,20). The maximum atomic E-state index is 13.5. The van der Waals surface area contributed by atoms with Crippen LogP contribution in [0.2, 0.25) is 5.02 Å². The van der Waals surface area contributed by atoms with Gasteiger partial charge in [0.05, 0.1) is 17.0 Å². The van der Waals surface area contributed by atoms with Gasteiger partial charge in [-0.05, 0) is 24.3 Å². The second-order valence-electron chi connectivity index (χ2n) is 4.22. The van der Waals surface area contributed by atoms with E-state index in [2.05, 4.69) is 5.10 Å². The smallest absolute Gasteiger partial charge is 0.339 e. The highest BCUT2D eigenvalue weighted by Crippen LogP contribution is 2.25. The summed E-state index contributed by atoms with van der Waals surface area (Å²) in [5, 5.41) is 13.4. The van der Waals surface area contributed by atoms with Gasteiger partial charge in [0.1, 0.15) is 17.1 Å². The third-order valence-electron chi connectivity index (χ3n) is 2.87. The van der Waals surface area contributed by atoms with E-state index in [0.29, 0.717) is 11.4 Å².